The minimum absolute atomic E-state index is 0.0467. The van der Waals surface area contributed by atoms with E-state index in [9.17, 15) is 22.4 Å². The van der Waals surface area contributed by atoms with Gasteiger partial charge in [-0.25, -0.2) is 22.3 Å². The van der Waals surface area contributed by atoms with Crippen LogP contribution in [0.25, 0.3) is 0 Å². The predicted octanol–water partition coefficient (Wildman–Crippen LogP) is 3.00. The first-order chi connectivity index (χ1) is 16.3. The number of rotatable bonds is 10. The van der Waals surface area contributed by atoms with E-state index in [2.05, 4.69) is 4.72 Å². The molecule has 0 spiro atoms. The maximum atomic E-state index is 14.1. The summed E-state index contributed by atoms with van der Waals surface area (Å²) in [4.78, 5) is 25.9. The number of esters is 1. The van der Waals surface area contributed by atoms with Crippen LogP contribution in [0.5, 0.6) is 0 Å². The highest BCUT2D eigenvalue weighted by molar-refractivity contribution is 7.89. The number of nitriles is 1. The first-order valence-corrected chi connectivity index (χ1v) is 11.5. The van der Waals surface area contributed by atoms with E-state index < -0.39 is 34.3 Å². The van der Waals surface area contributed by atoms with Gasteiger partial charge in [-0.15, -0.1) is 0 Å². The van der Waals surface area contributed by atoms with Crippen LogP contribution in [0.3, 0.4) is 0 Å². The molecule has 1 amide bonds. The van der Waals surface area contributed by atoms with E-state index >= 15 is 0 Å². The van der Waals surface area contributed by atoms with Gasteiger partial charge in [-0.2, -0.15) is 5.26 Å². The zero-order valence-corrected chi connectivity index (χ0v) is 18.6. The average molecular weight is 485 g/mol. The van der Waals surface area contributed by atoms with E-state index in [1.54, 1.807) is 12.1 Å². The Labute approximate surface area is 195 Å². The number of carbonyl (C=O) groups excluding carboxylic acids is 2. The Morgan fingerprint density at radius 2 is 1.91 bits per heavy atom. The fourth-order valence-corrected chi connectivity index (χ4v) is 3.99. The number of anilines is 1. The summed E-state index contributed by atoms with van der Waals surface area (Å²) in [5.41, 5.74) is -0.141. The summed E-state index contributed by atoms with van der Waals surface area (Å²) >= 11 is 0. The molecule has 11 heteroatoms. The number of hydrogen-bond acceptors (Lipinski definition) is 7. The number of carbonyl (C=O) groups is 2. The highest BCUT2D eigenvalue weighted by atomic mass is 32.2. The van der Waals surface area contributed by atoms with Crippen molar-refractivity contribution >= 4 is 27.6 Å². The van der Waals surface area contributed by atoms with E-state index in [1.165, 1.54) is 48.7 Å². The number of para-hydroxylation sites is 1. The van der Waals surface area contributed by atoms with Gasteiger partial charge in [-0.05, 0) is 42.5 Å². The Bertz CT molecular complexity index is 1300. The Hall–Kier alpha value is -4.01. The summed E-state index contributed by atoms with van der Waals surface area (Å²) in [5.74, 6) is -1.93. The second kappa shape index (κ2) is 11.2. The molecule has 0 atom stereocenters. The summed E-state index contributed by atoms with van der Waals surface area (Å²) in [5, 5.41) is 8.84. The van der Waals surface area contributed by atoms with Crippen LogP contribution in [0, 0.1) is 17.1 Å². The lowest BCUT2D eigenvalue weighted by Crippen LogP contribution is -2.36. The van der Waals surface area contributed by atoms with Gasteiger partial charge >= 0.3 is 5.97 Å². The summed E-state index contributed by atoms with van der Waals surface area (Å²) in [6.07, 6.45) is 1.36. The van der Waals surface area contributed by atoms with Gasteiger partial charge in [0.2, 0.25) is 10.0 Å². The normalized spacial score (nSPS) is 10.9. The van der Waals surface area contributed by atoms with Crippen molar-refractivity contribution < 1.29 is 31.6 Å². The molecular weight excluding hydrogens is 465 g/mol. The average Bonchev–Trinajstić information content (AvgIpc) is 3.36. The van der Waals surface area contributed by atoms with E-state index in [-0.39, 0.29) is 35.7 Å². The predicted molar refractivity (Wildman–Crippen MR) is 118 cm³/mol. The van der Waals surface area contributed by atoms with Crippen molar-refractivity contribution in [2.75, 3.05) is 18.1 Å². The van der Waals surface area contributed by atoms with E-state index in [1.807, 2.05) is 6.07 Å². The van der Waals surface area contributed by atoms with Crippen LogP contribution in [0.1, 0.15) is 22.5 Å². The molecule has 3 aromatic rings. The molecule has 0 saturated heterocycles. The molecule has 0 saturated carbocycles. The van der Waals surface area contributed by atoms with E-state index in [4.69, 9.17) is 14.4 Å². The number of halogens is 1. The molecule has 1 aromatic heterocycles. The fourth-order valence-electron chi connectivity index (χ4n) is 2.95. The molecular formula is C23H20FN3O6S. The van der Waals surface area contributed by atoms with Crippen molar-refractivity contribution in [2.24, 2.45) is 0 Å². The minimum Gasteiger partial charge on any atom is -0.468 e. The molecule has 1 N–H and O–H groups in total. The molecule has 0 fully saturated rings. The van der Waals surface area contributed by atoms with Crippen molar-refractivity contribution in [2.45, 2.75) is 17.9 Å². The van der Waals surface area contributed by atoms with Crippen molar-refractivity contribution in [3.63, 3.8) is 0 Å². The minimum atomic E-state index is -3.95. The topological polar surface area (TPSA) is 130 Å². The Morgan fingerprint density at radius 3 is 2.62 bits per heavy atom. The lowest BCUT2D eigenvalue weighted by Gasteiger charge is -2.22. The summed E-state index contributed by atoms with van der Waals surface area (Å²) in [7, 11) is -3.95. The van der Waals surface area contributed by atoms with Gasteiger partial charge in [0.25, 0.3) is 5.91 Å². The Morgan fingerprint density at radius 1 is 1.12 bits per heavy atom. The number of amides is 1. The monoisotopic (exact) mass is 485 g/mol. The van der Waals surface area contributed by atoms with Gasteiger partial charge in [-0.1, -0.05) is 18.2 Å². The molecule has 176 valence electrons. The van der Waals surface area contributed by atoms with Gasteiger partial charge in [0.1, 0.15) is 11.6 Å². The molecule has 2 aromatic carbocycles. The van der Waals surface area contributed by atoms with Gasteiger partial charge in [0.15, 0.2) is 6.61 Å². The van der Waals surface area contributed by atoms with Gasteiger partial charge in [-0.3, -0.25) is 4.79 Å². The van der Waals surface area contributed by atoms with Crippen LogP contribution < -0.4 is 9.62 Å². The van der Waals surface area contributed by atoms with Crippen molar-refractivity contribution in [3.05, 3.63) is 84.1 Å². The molecule has 0 aliphatic rings. The number of sulfonamides is 1. The largest absolute Gasteiger partial charge is 0.468 e. The zero-order valence-electron chi connectivity index (χ0n) is 17.8. The van der Waals surface area contributed by atoms with Crippen LogP contribution in [-0.4, -0.2) is 33.4 Å². The standard InChI is InChI=1S/C23H20FN3O6S/c24-20-9-1-2-10-21(20)27(12-5-11-25)22(28)16-33-23(29)17-6-3-8-19(14-17)34(30,31)26-15-18-7-4-13-32-18/h1-4,6-10,13-14,26H,5,12,15-16H2. The quantitative estimate of drug-likeness (QED) is 0.437. The lowest BCUT2D eigenvalue weighted by molar-refractivity contribution is -0.121. The first-order valence-electron chi connectivity index (χ1n) is 10.0. The molecule has 0 aliphatic heterocycles. The number of benzene rings is 2. The van der Waals surface area contributed by atoms with Crippen LogP contribution in [0.2, 0.25) is 0 Å². The molecule has 0 unspecified atom stereocenters. The third-order valence-corrected chi connectivity index (χ3v) is 6.01. The van der Waals surface area contributed by atoms with Crippen molar-refractivity contribution in [1.82, 2.24) is 4.72 Å². The second-order valence-corrected chi connectivity index (χ2v) is 8.68. The van der Waals surface area contributed by atoms with Crippen molar-refractivity contribution in [1.29, 1.82) is 5.26 Å². The number of ether oxygens (including phenoxy) is 1. The van der Waals surface area contributed by atoms with Gasteiger partial charge < -0.3 is 14.1 Å². The third-order valence-electron chi connectivity index (χ3n) is 4.61. The molecule has 1 heterocycles. The van der Waals surface area contributed by atoms with Crippen molar-refractivity contribution in [3.8, 4) is 6.07 Å². The maximum absolute atomic E-state index is 14.1. The molecule has 34 heavy (non-hydrogen) atoms. The molecule has 0 bridgehead atoms. The lowest BCUT2D eigenvalue weighted by atomic mass is 10.2. The zero-order chi connectivity index (χ0) is 24.6. The number of nitrogens with zero attached hydrogens (tertiary/aromatic N) is 2. The molecule has 0 radical (unpaired) electrons. The van der Waals surface area contributed by atoms with Crippen LogP contribution in [-0.2, 0) is 26.1 Å². The highest BCUT2D eigenvalue weighted by Crippen LogP contribution is 2.20. The first kappa shape index (κ1) is 24.6. The number of furan rings is 1. The van der Waals surface area contributed by atoms with Crippen LogP contribution >= 0.6 is 0 Å². The van der Waals surface area contributed by atoms with E-state index in [0.717, 1.165) is 11.0 Å². The molecule has 0 aliphatic carbocycles. The Balaban J connectivity index is 1.67. The fraction of sp³-hybridized carbons (Fsp3) is 0.174. The molecule has 3 rings (SSSR count). The molecule has 9 nitrogen and oxygen atoms in total. The smallest absolute Gasteiger partial charge is 0.338 e. The van der Waals surface area contributed by atoms with Gasteiger partial charge in [0, 0.05) is 6.54 Å². The van der Waals surface area contributed by atoms with Crippen LogP contribution in [0.15, 0.2) is 76.2 Å². The number of nitrogens with one attached hydrogen (secondary N) is 1. The highest BCUT2D eigenvalue weighted by Gasteiger charge is 2.22. The van der Waals surface area contributed by atoms with E-state index in [0.29, 0.717) is 5.76 Å². The summed E-state index contributed by atoms with van der Waals surface area (Å²) < 4.78 is 51.7. The maximum Gasteiger partial charge on any atom is 0.338 e. The second-order valence-electron chi connectivity index (χ2n) is 6.91. The van der Waals surface area contributed by atoms with Crippen LogP contribution in [0.4, 0.5) is 10.1 Å². The Kier molecular flexibility index (Phi) is 8.13. The third kappa shape index (κ3) is 6.28. The van der Waals surface area contributed by atoms with Gasteiger partial charge in [0.05, 0.1) is 41.4 Å². The summed E-state index contributed by atoms with van der Waals surface area (Å²) in [6.45, 7) is -0.901. The SMILES string of the molecule is N#CCCN(C(=O)COC(=O)c1cccc(S(=O)(=O)NCc2ccco2)c1)c1ccccc1F. The summed E-state index contributed by atoms with van der Waals surface area (Å²) in [6, 6.07) is 15.7. The number of hydrogen-bond donors (Lipinski definition) is 1.